The number of carbonyl (C=O) groups is 2. The number of hydrogen-bond acceptors (Lipinski definition) is 5. The van der Waals surface area contributed by atoms with Gasteiger partial charge in [-0.05, 0) is 60.9 Å². The van der Waals surface area contributed by atoms with E-state index >= 15 is 0 Å². The van der Waals surface area contributed by atoms with E-state index in [0.29, 0.717) is 36.0 Å². The third-order valence-corrected chi connectivity index (χ3v) is 5.35. The van der Waals surface area contributed by atoms with E-state index in [2.05, 4.69) is 13.8 Å². The Labute approximate surface area is 192 Å². The number of benzene rings is 2. The van der Waals surface area contributed by atoms with Crippen molar-refractivity contribution in [2.24, 2.45) is 5.92 Å². The zero-order chi connectivity index (χ0) is 23.2. The van der Waals surface area contributed by atoms with Crippen molar-refractivity contribution in [3.8, 4) is 11.5 Å². The van der Waals surface area contributed by atoms with Crippen LogP contribution in [0.5, 0.6) is 11.5 Å². The summed E-state index contributed by atoms with van der Waals surface area (Å²) in [4.78, 5) is 24.4. The summed E-state index contributed by atoms with van der Waals surface area (Å²) < 4.78 is 16.4. The molecule has 0 bridgehead atoms. The molecule has 32 heavy (non-hydrogen) atoms. The van der Waals surface area contributed by atoms with Gasteiger partial charge in [0.05, 0.1) is 24.3 Å². The smallest absolute Gasteiger partial charge is 0.343 e. The first-order valence-electron chi connectivity index (χ1n) is 11.8. The molecule has 0 unspecified atom stereocenters. The molecule has 0 aliphatic carbocycles. The van der Waals surface area contributed by atoms with E-state index in [4.69, 9.17) is 14.2 Å². The van der Waals surface area contributed by atoms with Gasteiger partial charge in [-0.1, -0.05) is 59.3 Å². The minimum Gasteiger partial charge on any atom is -0.494 e. The lowest BCUT2D eigenvalue weighted by Gasteiger charge is -2.10. The van der Waals surface area contributed by atoms with E-state index in [1.165, 1.54) is 32.1 Å². The normalized spacial score (nSPS) is 11.6. The Bertz CT molecular complexity index is 811. The summed E-state index contributed by atoms with van der Waals surface area (Å²) in [7, 11) is 0. The number of esters is 2. The first kappa shape index (κ1) is 25.4. The first-order valence-corrected chi connectivity index (χ1v) is 11.8. The monoisotopic (exact) mass is 440 g/mol. The lowest BCUT2D eigenvalue weighted by Crippen LogP contribution is -2.12. The number of carbonyl (C=O) groups excluding carboxylic acids is 2. The van der Waals surface area contributed by atoms with Crippen LogP contribution < -0.4 is 9.47 Å². The van der Waals surface area contributed by atoms with Crippen molar-refractivity contribution < 1.29 is 23.8 Å². The summed E-state index contributed by atoms with van der Waals surface area (Å²) in [5.74, 6) is 0.609. The average molecular weight is 441 g/mol. The van der Waals surface area contributed by atoms with Crippen molar-refractivity contribution in [1.29, 1.82) is 0 Å². The van der Waals surface area contributed by atoms with Gasteiger partial charge in [0.2, 0.25) is 0 Å². The van der Waals surface area contributed by atoms with Crippen molar-refractivity contribution in [2.75, 3.05) is 13.2 Å². The Morgan fingerprint density at radius 3 is 1.94 bits per heavy atom. The fraction of sp³-hybridized carbons (Fsp3) is 0.481. The molecule has 2 aromatic carbocycles. The summed E-state index contributed by atoms with van der Waals surface area (Å²) in [6.45, 7) is 7.38. The van der Waals surface area contributed by atoms with Crippen LogP contribution in [0.25, 0.3) is 0 Å². The van der Waals surface area contributed by atoms with Gasteiger partial charge in [-0.3, -0.25) is 0 Å². The van der Waals surface area contributed by atoms with E-state index in [0.717, 1.165) is 18.6 Å². The summed E-state index contributed by atoms with van der Waals surface area (Å²) >= 11 is 0. The van der Waals surface area contributed by atoms with Crippen LogP contribution in [0.3, 0.4) is 0 Å². The van der Waals surface area contributed by atoms with Gasteiger partial charge in [-0.25, -0.2) is 9.59 Å². The molecule has 1 atom stereocenters. The molecule has 0 radical (unpaired) electrons. The van der Waals surface area contributed by atoms with E-state index in [-0.39, 0.29) is 5.97 Å². The zero-order valence-electron chi connectivity index (χ0n) is 19.6. The Balaban J connectivity index is 1.76. The van der Waals surface area contributed by atoms with Crippen LogP contribution in [0.4, 0.5) is 0 Å². The van der Waals surface area contributed by atoms with Crippen molar-refractivity contribution in [1.82, 2.24) is 0 Å². The Morgan fingerprint density at radius 1 is 0.750 bits per heavy atom. The van der Waals surface area contributed by atoms with Crippen LogP contribution in [0, 0.1) is 5.92 Å². The van der Waals surface area contributed by atoms with Crippen LogP contribution in [0.1, 0.15) is 86.4 Å². The molecular formula is C27H36O5. The highest BCUT2D eigenvalue weighted by Crippen LogP contribution is 2.18. The fourth-order valence-electron chi connectivity index (χ4n) is 3.00. The summed E-state index contributed by atoms with van der Waals surface area (Å²) in [6.07, 6.45) is 8.26. The maximum absolute atomic E-state index is 12.4. The van der Waals surface area contributed by atoms with Gasteiger partial charge >= 0.3 is 11.9 Å². The predicted molar refractivity (Wildman–Crippen MR) is 126 cm³/mol. The van der Waals surface area contributed by atoms with Gasteiger partial charge in [-0.15, -0.1) is 0 Å². The standard InChI is InChI=1S/C27H36O5/c1-4-6-7-8-9-10-19-30-24-15-11-23(12-16-24)27(29)32-25-17-13-22(14-18-25)26(28)31-20-21(3)5-2/h11-18,21H,4-10,19-20H2,1-3H3/t21-/m0/s1. The lowest BCUT2D eigenvalue weighted by molar-refractivity contribution is 0.0447. The molecule has 0 saturated heterocycles. The Hall–Kier alpha value is -2.82. The van der Waals surface area contributed by atoms with E-state index in [9.17, 15) is 9.59 Å². The summed E-state index contributed by atoms with van der Waals surface area (Å²) in [5, 5.41) is 0. The number of ether oxygens (including phenoxy) is 3. The molecule has 0 saturated carbocycles. The van der Waals surface area contributed by atoms with Gasteiger partial charge < -0.3 is 14.2 Å². The Morgan fingerprint density at radius 2 is 1.31 bits per heavy atom. The molecule has 2 aromatic rings. The molecule has 0 aliphatic rings. The van der Waals surface area contributed by atoms with Crippen LogP contribution in [0.2, 0.25) is 0 Å². The topological polar surface area (TPSA) is 61.8 Å². The van der Waals surface area contributed by atoms with E-state index in [1.807, 2.05) is 6.92 Å². The van der Waals surface area contributed by atoms with Crippen LogP contribution in [-0.2, 0) is 4.74 Å². The van der Waals surface area contributed by atoms with E-state index < -0.39 is 5.97 Å². The number of rotatable bonds is 14. The van der Waals surface area contributed by atoms with Gasteiger partial charge in [0, 0.05) is 0 Å². The van der Waals surface area contributed by atoms with Crippen LogP contribution in [-0.4, -0.2) is 25.2 Å². The summed E-state index contributed by atoms with van der Waals surface area (Å²) in [5.41, 5.74) is 0.869. The molecule has 0 aliphatic heterocycles. The Kier molecular flexibility index (Phi) is 11.4. The van der Waals surface area contributed by atoms with Crippen LogP contribution >= 0.6 is 0 Å². The first-order chi connectivity index (χ1) is 15.5. The lowest BCUT2D eigenvalue weighted by atomic mass is 10.1. The quantitative estimate of drug-likeness (QED) is 0.183. The minimum absolute atomic E-state index is 0.325. The molecule has 0 amide bonds. The van der Waals surface area contributed by atoms with Crippen molar-refractivity contribution in [3.63, 3.8) is 0 Å². The highest BCUT2D eigenvalue weighted by atomic mass is 16.5. The van der Waals surface area contributed by atoms with Gasteiger partial charge in [0.15, 0.2) is 0 Å². The average Bonchev–Trinajstić information content (AvgIpc) is 2.82. The number of unbranched alkanes of at least 4 members (excludes halogenated alkanes) is 5. The van der Waals surface area contributed by atoms with Gasteiger partial charge in [-0.2, -0.15) is 0 Å². The molecule has 5 heteroatoms. The fourth-order valence-corrected chi connectivity index (χ4v) is 3.00. The maximum atomic E-state index is 12.4. The second-order valence-electron chi connectivity index (χ2n) is 8.17. The van der Waals surface area contributed by atoms with Crippen molar-refractivity contribution in [3.05, 3.63) is 59.7 Å². The van der Waals surface area contributed by atoms with Crippen molar-refractivity contribution >= 4 is 11.9 Å². The third-order valence-electron chi connectivity index (χ3n) is 5.35. The number of hydrogen-bond donors (Lipinski definition) is 0. The van der Waals surface area contributed by atoms with Gasteiger partial charge in [0.25, 0.3) is 0 Å². The molecule has 2 rings (SSSR count). The van der Waals surface area contributed by atoms with Gasteiger partial charge in [0.1, 0.15) is 11.5 Å². The van der Waals surface area contributed by atoms with Crippen LogP contribution in [0.15, 0.2) is 48.5 Å². The minimum atomic E-state index is -0.459. The molecule has 174 valence electrons. The molecule has 0 fully saturated rings. The largest absolute Gasteiger partial charge is 0.494 e. The second-order valence-corrected chi connectivity index (χ2v) is 8.17. The highest BCUT2D eigenvalue weighted by molar-refractivity contribution is 5.92. The molecule has 5 nitrogen and oxygen atoms in total. The molecular weight excluding hydrogens is 404 g/mol. The molecule has 0 spiro atoms. The third kappa shape index (κ3) is 9.13. The summed E-state index contributed by atoms with van der Waals surface area (Å²) in [6, 6.07) is 13.3. The molecule has 0 N–H and O–H groups in total. The van der Waals surface area contributed by atoms with E-state index in [1.54, 1.807) is 48.5 Å². The predicted octanol–water partition coefficient (Wildman–Crippen LogP) is 6.85. The highest BCUT2D eigenvalue weighted by Gasteiger charge is 2.12. The second kappa shape index (κ2) is 14.3. The SMILES string of the molecule is CCCCCCCCOc1ccc(C(=O)Oc2ccc(C(=O)OC[C@@H](C)CC)cc2)cc1. The molecule has 0 aromatic heterocycles. The zero-order valence-corrected chi connectivity index (χ0v) is 19.6. The maximum Gasteiger partial charge on any atom is 0.343 e. The van der Waals surface area contributed by atoms with Crippen molar-refractivity contribution in [2.45, 2.75) is 65.7 Å². The molecule has 0 heterocycles.